The summed E-state index contributed by atoms with van der Waals surface area (Å²) in [6, 6.07) is 13.9. The Hall–Kier alpha value is -3.90. The second-order valence-corrected chi connectivity index (χ2v) is 10.0. The molecule has 36 heavy (non-hydrogen) atoms. The molecule has 1 aliphatic heterocycles. The Morgan fingerprint density at radius 2 is 1.92 bits per heavy atom. The number of amides is 1. The van der Waals surface area contributed by atoms with Gasteiger partial charge in [0.25, 0.3) is 0 Å². The lowest BCUT2D eigenvalue weighted by atomic mass is 10.0. The first-order chi connectivity index (χ1) is 17.3. The molecular weight excluding hydrogens is 487 g/mol. The summed E-state index contributed by atoms with van der Waals surface area (Å²) in [5.74, 6) is 0.250. The van der Waals surface area contributed by atoms with Crippen LogP contribution in [-0.4, -0.2) is 53.8 Å². The number of sulfonamides is 1. The molecule has 0 saturated heterocycles. The maximum atomic E-state index is 13.2. The van der Waals surface area contributed by atoms with Crippen molar-refractivity contribution in [2.45, 2.75) is 24.7 Å². The number of rotatable bonds is 7. The van der Waals surface area contributed by atoms with E-state index in [9.17, 15) is 17.6 Å². The Morgan fingerprint density at radius 1 is 1.11 bits per heavy atom. The van der Waals surface area contributed by atoms with E-state index >= 15 is 0 Å². The largest absolute Gasteiger partial charge is 0.475 e. The Balaban J connectivity index is 1.24. The third-order valence-electron chi connectivity index (χ3n) is 5.84. The zero-order valence-electron chi connectivity index (χ0n) is 19.4. The second-order valence-electron chi connectivity index (χ2n) is 8.28. The van der Waals surface area contributed by atoms with Gasteiger partial charge in [-0.3, -0.25) is 4.79 Å². The standard InChI is InChI=1S/C24H23FN6O4S/c1-16(32)30-13-2-3-18-15-20(8-9-21(18)30)36(33,34)26-12-14-35-23-11-10-22-27-28-24(31(22)29-23)17-4-6-19(25)7-5-17/h4-11,15,26H,2-3,12-14H2,1H3. The summed E-state index contributed by atoms with van der Waals surface area (Å²) in [5, 5.41) is 12.5. The zero-order chi connectivity index (χ0) is 25.3. The van der Waals surface area contributed by atoms with Crippen molar-refractivity contribution in [1.29, 1.82) is 0 Å². The van der Waals surface area contributed by atoms with Crippen LogP contribution in [0.25, 0.3) is 17.0 Å². The number of hydrogen-bond acceptors (Lipinski definition) is 7. The number of benzene rings is 2. The zero-order valence-corrected chi connectivity index (χ0v) is 20.2. The van der Waals surface area contributed by atoms with Gasteiger partial charge >= 0.3 is 0 Å². The van der Waals surface area contributed by atoms with E-state index in [1.54, 1.807) is 41.3 Å². The van der Waals surface area contributed by atoms with Gasteiger partial charge in [0.2, 0.25) is 21.8 Å². The highest BCUT2D eigenvalue weighted by atomic mass is 32.2. The van der Waals surface area contributed by atoms with Crippen LogP contribution in [0.4, 0.5) is 10.1 Å². The van der Waals surface area contributed by atoms with Gasteiger partial charge in [-0.1, -0.05) is 0 Å². The van der Waals surface area contributed by atoms with Crippen LogP contribution >= 0.6 is 0 Å². The highest BCUT2D eigenvalue weighted by molar-refractivity contribution is 7.89. The van der Waals surface area contributed by atoms with Crippen LogP contribution in [0.3, 0.4) is 0 Å². The Labute approximate surface area is 206 Å². The molecule has 0 saturated carbocycles. The lowest BCUT2D eigenvalue weighted by Gasteiger charge is -2.28. The quantitative estimate of drug-likeness (QED) is 0.380. The van der Waals surface area contributed by atoms with Crippen LogP contribution in [-0.2, 0) is 21.2 Å². The van der Waals surface area contributed by atoms with Crippen LogP contribution in [0, 0.1) is 5.82 Å². The van der Waals surface area contributed by atoms with E-state index in [1.165, 1.54) is 29.6 Å². The molecular formula is C24H23FN6O4S. The normalized spacial score (nSPS) is 13.6. The van der Waals surface area contributed by atoms with Gasteiger partial charge in [-0.15, -0.1) is 15.3 Å². The molecule has 0 spiro atoms. The van der Waals surface area contributed by atoms with Gasteiger partial charge in [0.15, 0.2) is 11.5 Å². The predicted molar refractivity (Wildman–Crippen MR) is 130 cm³/mol. The molecule has 1 aliphatic rings. The molecule has 10 nitrogen and oxygen atoms in total. The lowest BCUT2D eigenvalue weighted by Crippen LogP contribution is -2.34. The van der Waals surface area contributed by atoms with Crippen molar-refractivity contribution >= 4 is 27.3 Å². The average Bonchev–Trinajstić information content (AvgIpc) is 3.29. The molecule has 2 aromatic heterocycles. The monoisotopic (exact) mass is 510 g/mol. The first-order valence-electron chi connectivity index (χ1n) is 11.3. The van der Waals surface area contributed by atoms with Crippen molar-refractivity contribution < 1.29 is 22.3 Å². The van der Waals surface area contributed by atoms with Crippen LogP contribution < -0.4 is 14.4 Å². The number of aryl methyl sites for hydroxylation is 1. The molecule has 0 radical (unpaired) electrons. The number of nitrogens with zero attached hydrogens (tertiary/aromatic N) is 5. The van der Waals surface area contributed by atoms with E-state index in [0.717, 1.165) is 17.7 Å². The molecule has 2 aromatic carbocycles. The number of fused-ring (bicyclic) bond motifs is 2. The SMILES string of the molecule is CC(=O)N1CCCc2cc(S(=O)(=O)NCCOc3ccc4nnc(-c5ccc(F)cc5)n4n3)ccc21. The molecule has 0 unspecified atom stereocenters. The summed E-state index contributed by atoms with van der Waals surface area (Å²) in [4.78, 5) is 13.7. The van der Waals surface area contributed by atoms with Crippen molar-refractivity contribution in [2.24, 2.45) is 0 Å². The third-order valence-corrected chi connectivity index (χ3v) is 7.30. The molecule has 4 aromatic rings. The third kappa shape index (κ3) is 4.77. The lowest BCUT2D eigenvalue weighted by molar-refractivity contribution is -0.116. The Bertz CT molecular complexity index is 1540. The summed E-state index contributed by atoms with van der Waals surface area (Å²) in [7, 11) is -3.77. The van der Waals surface area contributed by atoms with E-state index in [4.69, 9.17) is 4.74 Å². The van der Waals surface area contributed by atoms with Crippen molar-refractivity contribution in [2.75, 3.05) is 24.6 Å². The number of carbonyl (C=O) groups excluding carboxylic acids is 1. The molecule has 0 aliphatic carbocycles. The van der Waals surface area contributed by atoms with E-state index in [1.807, 2.05) is 0 Å². The summed E-state index contributed by atoms with van der Waals surface area (Å²) >= 11 is 0. The van der Waals surface area contributed by atoms with Crippen molar-refractivity contribution in [1.82, 2.24) is 24.5 Å². The number of anilines is 1. The number of halogens is 1. The van der Waals surface area contributed by atoms with E-state index in [2.05, 4.69) is 20.0 Å². The molecule has 5 rings (SSSR count). The average molecular weight is 511 g/mol. The van der Waals surface area contributed by atoms with Gasteiger partial charge < -0.3 is 9.64 Å². The Kier molecular flexibility index (Phi) is 6.37. The second kappa shape index (κ2) is 9.63. The minimum Gasteiger partial charge on any atom is -0.475 e. The van der Waals surface area contributed by atoms with Crippen molar-refractivity contribution in [3.8, 4) is 17.3 Å². The smallest absolute Gasteiger partial charge is 0.240 e. The highest BCUT2D eigenvalue weighted by Crippen LogP contribution is 2.29. The maximum Gasteiger partial charge on any atom is 0.240 e. The van der Waals surface area contributed by atoms with Crippen molar-refractivity contribution in [3.05, 3.63) is 66.0 Å². The van der Waals surface area contributed by atoms with Gasteiger partial charge in [-0.05, 0) is 66.9 Å². The van der Waals surface area contributed by atoms with E-state index in [0.29, 0.717) is 30.0 Å². The van der Waals surface area contributed by atoms with Gasteiger partial charge in [0.05, 0.1) is 4.90 Å². The van der Waals surface area contributed by atoms with Crippen LogP contribution in [0.15, 0.2) is 59.5 Å². The molecule has 12 heteroatoms. The number of aromatic nitrogens is 4. The molecule has 1 amide bonds. The van der Waals surface area contributed by atoms with E-state index in [-0.39, 0.29) is 35.7 Å². The first kappa shape index (κ1) is 23.8. The first-order valence-corrected chi connectivity index (χ1v) is 12.8. The summed E-state index contributed by atoms with van der Waals surface area (Å²) < 4.78 is 48.5. The molecule has 0 fully saturated rings. The summed E-state index contributed by atoms with van der Waals surface area (Å²) in [6.07, 6.45) is 1.49. The molecule has 1 N–H and O–H groups in total. The highest BCUT2D eigenvalue weighted by Gasteiger charge is 2.23. The van der Waals surface area contributed by atoms with Gasteiger partial charge in [0, 0.05) is 37.3 Å². The molecule has 0 atom stereocenters. The summed E-state index contributed by atoms with van der Waals surface area (Å²) in [5.41, 5.74) is 2.71. The number of ether oxygens (including phenoxy) is 1. The van der Waals surface area contributed by atoms with Crippen LogP contribution in [0.1, 0.15) is 18.9 Å². The van der Waals surface area contributed by atoms with E-state index < -0.39 is 10.0 Å². The molecule has 3 heterocycles. The maximum absolute atomic E-state index is 13.2. The fraction of sp³-hybridized carbons (Fsp3) is 0.250. The summed E-state index contributed by atoms with van der Waals surface area (Å²) in [6.45, 7) is 2.19. The minimum absolute atomic E-state index is 0.0195. The van der Waals surface area contributed by atoms with Gasteiger partial charge in [-0.2, -0.15) is 4.52 Å². The Morgan fingerprint density at radius 3 is 2.69 bits per heavy atom. The number of nitrogens with one attached hydrogen (secondary N) is 1. The fourth-order valence-corrected chi connectivity index (χ4v) is 5.17. The van der Waals surface area contributed by atoms with Crippen LogP contribution in [0.5, 0.6) is 5.88 Å². The van der Waals surface area contributed by atoms with Crippen LogP contribution in [0.2, 0.25) is 0 Å². The molecule has 186 valence electrons. The topological polar surface area (TPSA) is 119 Å². The number of carbonyl (C=O) groups is 1. The predicted octanol–water partition coefficient (Wildman–Crippen LogP) is 2.59. The number of hydrogen-bond donors (Lipinski definition) is 1. The minimum atomic E-state index is -3.77. The molecule has 0 bridgehead atoms. The van der Waals surface area contributed by atoms with Gasteiger partial charge in [-0.25, -0.2) is 17.5 Å². The fourth-order valence-electron chi connectivity index (χ4n) is 4.11. The van der Waals surface area contributed by atoms with Crippen molar-refractivity contribution in [3.63, 3.8) is 0 Å². The van der Waals surface area contributed by atoms with Gasteiger partial charge in [0.1, 0.15) is 12.4 Å².